The van der Waals surface area contributed by atoms with Crippen LogP contribution in [0.15, 0.2) is 97.3 Å². The molecule has 308 valence electrons. The summed E-state index contributed by atoms with van der Waals surface area (Å²) in [5.74, 6) is 0.247. The van der Waals surface area contributed by atoms with Gasteiger partial charge in [-0.15, -0.1) is 0 Å². The zero-order valence-electron chi connectivity index (χ0n) is 32.9. The lowest BCUT2D eigenvalue weighted by atomic mass is 9.82. The molecule has 3 aliphatic heterocycles. The van der Waals surface area contributed by atoms with Crippen molar-refractivity contribution in [2.75, 3.05) is 41.0 Å². The number of pyridine rings is 1. The summed E-state index contributed by atoms with van der Waals surface area (Å²) >= 11 is 13.2. The molecule has 12 nitrogen and oxygen atoms in total. The number of fused-ring (bicyclic) bond motifs is 3. The van der Waals surface area contributed by atoms with Crippen LogP contribution in [0, 0.1) is 5.92 Å². The van der Waals surface area contributed by atoms with Crippen LogP contribution in [-0.2, 0) is 17.8 Å². The Labute approximate surface area is 352 Å². The van der Waals surface area contributed by atoms with Gasteiger partial charge >= 0.3 is 12.1 Å². The van der Waals surface area contributed by atoms with Crippen LogP contribution in [0.4, 0.5) is 4.79 Å². The summed E-state index contributed by atoms with van der Waals surface area (Å²) in [7, 11) is 4.51. The molecule has 0 radical (unpaired) electrons. The topological polar surface area (TPSA) is 140 Å². The quantitative estimate of drug-likeness (QED) is 0.0700. The number of alkyl carbamates (subject to hydrolysis) is 1. The number of aromatic nitrogens is 1. The number of piperidine rings is 3. The lowest BCUT2D eigenvalue weighted by molar-refractivity contribution is -0.904. The van der Waals surface area contributed by atoms with Crippen molar-refractivity contribution in [2.45, 2.75) is 43.9 Å². The average Bonchev–Trinajstić information content (AvgIpc) is 3.25. The first-order valence-electron chi connectivity index (χ1n) is 19.3. The van der Waals surface area contributed by atoms with Crippen molar-refractivity contribution in [3.8, 4) is 23.0 Å². The van der Waals surface area contributed by atoms with Crippen LogP contribution < -0.4 is 29.0 Å². The van der Waals surface area contributed by atoms with E-state index in [-0.39, 0.29) is 34.7 Å². The molecule has 0 unspecified atom stereocenters. The van der Waals surface area contributed by atoms with Gasteiger partial charge in [0.1, 0.15) is 34.3 Å². The number of carbonyl (C=O) groups excluding carboxylic acids is 1. The number of amides is 1. The largest absolute Gasteiger partial charge is 0.496 e. The van der Waals surface area contributed by atoms with Gasteiger partial charge < -0.3 is 34.1 Å². The van der Waals surface area contributed by atoms with Gasteiger partial charge in [0.05, 0.1) is 32.9 Å². The first kappa shape index (κ1) is 41.5. The van der Waals surface area contributed by atoms with Crippen molar-refractivity contribution in [1.82, 2.24) is 10.2 Å². The first-order valence-corrected chi connectivity index (χ1v) is 20.0. The summed E-state index contributed by atoms with van der Waals surface area (Å²) in [5, 5.41) is 24.3. The Morgan fingerprint density at radius 3 is 2.17 bits per heavy atom. The molecule has 5 aromatic rings. The molecule has 0 spiro atoms. The molecule has 59 heavy (non-hydrogen) atoms. The minimum absolute atomic E-state index is 0.000712. The van der Waals surface area contributed by atoms with Gasteiger partial charge in [0.15, 0.2) is 11.5 Å². The van der Waals surface area contributed by atoms with E-state index in [1.165, 1.54) is 33.7 Å². The van der Waals surface area contributed by atoms with Crippen LogP contribution >= 0.6 is 23.2 Å². The SMILES string of the molecule is COc1ccc([C@H](Cc2c(Cl)c[n+](O)cc2Cl)c2c(OC)cc(COc3cccc([C@@H](NC(=O)O[C@H]4CN5CCC4CC5)c4ccccc4)c3)cc2C(=O)O)cc1OC. The maximum atomic E-state index is 13.4. The molecule has 3 fully saturated rings. The van der Waals surface area contributed by atoms with E-state index in [4.69, 9.17) is 46.9 Å². The third-order valence-electron chi connectivity index (χ3n) is 11.1. The number of nitrogens with one attached hydrogen (secondary N) is 1. The van der Waals surface area contributed by atoms with Gasteiger partial charge in [-0.2, -0.15) is 0 Å². The lowest BCUT2D eigenvalue weighted by Gasteiger charge is -2.43. The van der Waals surface area contributed by atoms with Crippen molar-refractivity contribution in [3.63, 3.8) is 0 Å². The maximum absolute atomic E-state index is 13.4. The number of aromatic carboxylic acids is 1. The van der Waals surface area contributed by atoms with Crippen molar-refractivity contribution in [2.24, 2.45) is 5.92 Å². The van der Waals surface area contributed by atoms with Gasteiger partial charge in [0.2, 0.25) is 12.4 Å². The van der Waals surface area contributed by atoms with E-state index in [2.05, 4.69) is 10.2 Å². The molecule has 14 heteroatoms. The van der Waals surface area contributed by atoms with Crippen molar-refractivity contribution in [3.05, 3.63) is 146 Å². The van der Waals surface area contributed by atoms with E-state index in [0.717, 1.165) is 48.3 Å². The molecular weight excluding hydrogens is 797 g/mol. The second kappa shape index (κ2) is 18.5. The molecule has 0 saturated carbocycles. The highest BCUT2D eigenvalue weighted by Gasteiger charge is 2.37. The number of halogens is 2. The molecule has 1 aromatic heterocycles. The standard InChI is InChI=1S/C45H45Cl2N3O9/c1-55-38-13-12-30(21-39(38)56-2)33(22-34-36(46)23-50(54)24-37(34)47)42-35(44(51)52)18-27(19-40(42)57-3)26-58-32-11-7-10-31(20-32)43(29-8-5-4-6-9-29)48-45(53)59-41-25-49-16-14-28(41)15-17-49/h4-13,18-21,23-24,28,33,41,43H,14-17,22,25-26H2,1-3H3,(H2-,48,51,52,53,54)/p+1/t33-,41-,43-/m0/s1. The summed E-state index contributed by atoms with van der Waals surface area (Å²) in [6.07, 6.45) is 4.20. The highest BCUT2D eigenvalue weighted by atomic mass is 35.5. The molecule has 4 heterocycles. The van der Waals surface area contributed by atoms with Crippen molar-refractivity contribution in [1.29, 1.82) is 0 Å². The number of carbonyl (C=O) groups is 2. The van der Waals surface area contributed by atoms with E-state index >= 15 is 0 Å². The number of ether oxygens (including phenoxy) is 5. The van der Waals surface area contributed by atoms with Crippen LogP contribution in [0.25, 0.3) is 0 Å². The summed E-state index contributed by atoms with van der Waals surface area (Å²) < 4.78 is 30.1. The molecule has 0 aliphatic carbocycles. The number of nitrogens with zero attached hydrogens (tertiary/aromatic N) is 2. The number of rotatable bonds is 15. The fourth-order valence-electron chi connectivity index (χ4n) is 8.16. The van der Waals surface area contributed by atoms with E-state index in [1.54, 1.807) is 30.3 Å². The van der Waals surface area contributed by atoms with Gasteiger partial charge in [0, 0.05) is 28.3 Å². The van der Waals surface area contributed by atoms with Crippen LogP contribution in [0.5, 0.6) is 23.0 Å². The maximum Gasteiger partial charge on any atom is 0.408 e. The minimum Gasteiger partial charge on any atom is -0.496 e. The van der Waals surface area contributed by atoms with Crippen molar-refractivity contribution >= 4 is 35.3 Å². The molecule has 2 bridgehead atoms. The summed E-state index contributed by atoms with van der Waals surface area (Å²) in [4.78, 5) is 28.9. The fraction of sp³-hybridized carbons (Fsp3) is 0.311. The highest BCUT2D eigenvalue weighted by Crippen LogP contribution is 2.43. The molecule has 3 saturated heterocycles. The first-order chi connectivity index (χ1) is 28.5. The van der Waals surface area contributed by atoms with Gasteiger partial charge in [0.25, 0.3) is 0 Å². The Bertz CT molecular complexity index is 2280. The van der Waals surface area contributed by atoms with E-state index in [9.17, 15) is 19.9 Å². The highest BCUT2D eigenvalue weighted by molar-refractivity contribution is 6.35. The molecule has 8 rings (SSSR count). The Balaban J connectivity index is 1.18. The number of carboxylic acid groups (broad SMARTS) is 1. The fourth-order valence-corrected chi connectivity index (χ4v) is 8.76. The van der Waals surface area contributed by atoms with Gasteiger partial charge in [-0.1, -0.05) is 71.7 Å². The van der Waals surface area contributed by atoms with Crippen LogP contribution in [0.1, 0.15) is 68.5 Å². The number of hydrogen-bond acceptors (Lipinski definition) is 9. The third-order valence-corrected chi connectivity index (χ3v) is 11.8. The molecule has 3 N–H and O–H groups in total. The second-order valence-corrected chi connectivity index (χ2v) is 15.5. The second-order valence-electron chi connectivity index (χ2n) is 14.7. The van der Waals surface area contributed by atoms with Crippen LogP contribution in [0.3, 0.4) is 0 Å². The Morgan fingerprint density at radius 1 is 0.831 bits per heavy atom. The lowest BCUT2D eigenvalue weighted by Crippen LogP contribution is -2.52. The molecule has 3 aliphatic rings. The van der Waals surface area contributed by atoms with Gasteiger partial charge in [-0.25, -0.2) is 9.59 Å². The zero-order chi connectivity index (χ0) is 41.6. The Kier molecular flexibility index (Phi) is 13.0. The third kappa shape index (κ3) is 9.46. The Morgan fingerprint density at radius 2 is 1.53 bits per heavy atom. The van der Waals surface area contributed by atoms with E-state index in [0.29, 0.717) is 51.2 Å². The van der Waals surface area contributed by atoms with Crippen LogP contribution in [-0.4, -0.2) is 74.3 Å². The number of hydrogen-bond donors (Lipinski definition) is 3. The number of carboxylic acids is 1. The molecule has 1 amide bonds. The van der Waals surface area contributed by atoms with Gasteiger partial charge in [-0.3, -0.25) is 10.1 Å². The predicted octanol–water partition coefficient (Wildman–Crippen LogP) is 8.11. The summed E-state index contributed by atoms with van der Waals surface area (Å²) in [6, 6.07) is 25.2. The predicted molar refractivity (Wildman–Crippen MR) is 221 cm³/mol. The molecular formula is C45H46Cl2N3O9+. The van der Waals surface area contributed by atoms with E-state index < -0.39 is 24.0 Å². The Hall–Kier alpha value is -5.69. The molecule has 3 atom stereocenters. The molecule has 4 aromatic carbocycles. The number of benzene rings is 4. The summed E-state index contributed by atoms with van der Waals surface area (Å²) in [6.45, 7) is 2.85. The van der Waals surface area contributed by atoms with E-state index in [1.807, 2.05) is 54.6 Å². The normalized spacial score (nSPS) is 18.0. The van der Waals surface area contributed by atoms with Gasteiger partial charge in [-0.05, 0) is 96.9 Å². The summed E-state index contributed by atoms with van der Waals surface area (Å²) in [5.41, 5.74) is 3.70. The number of methoxy groups -OCH3 is 3. The van der Waals surface area contributed by atoms with Crippen molar-refractivity contribution < 1.29 is 48.3 Å². The monoisotopic (exact) mass is 842 g/mol. The minimum atomic E-state index is -1.19. The smallest absolute Gasteiger partial charge is 0.408 e. The average molecular weight is 844 g/mol. The zero-order valence-corrected chi connectivity index (χ0v) is 34.4. The van der Waals surface area contributed by atoms with Crippen LogP contribution in [0.2, 0.25) is 10.0 Å².